The summed E-state index contributed by atoms with van der Waals surface area (Å²) in [7, 11) is 3.12. The Morgan fingerprint density at radius 3 is 2.53 bits per heavy atom. The largest absolute Gasteiger partial charge is 0.465 e. The number of rotatable bonds is 10. The van der Waals surface area contributed by atoms with Gasteiger partial charge in [0.05, 0.1) is 19.3 Å². The highest BCUT2D eigenvalue weighted by Gasteiger charge is 2.12. The number of aryl methyl sites for hydroxylation is 1. The molecule has 2 aromatic carbocycles. The van der Waals surface area contributed by atoms with E-state index in [-0.39, 0.29) is 5.97 Å². The molecule has 158 valence electrons. The average Bonchev–Trinajstić information content (AvgIpc) is 3.18. The normalized spacial score (nSPS) is 11.1. The monoisotopic (exact) mass is 406 g/mol. The fourth-order valence-corrected chi connectivity index (χ4v) is 3.59. The maximum Gasteiger partial charge on any atom is 0.337 e. The molecule has 0 spiro atoms. The summed E-state index contributed by atoms with van der Waals surface area (Å²) in [5.41, 5.74) is 5.46. The van der Waals surface area contributed by atoms with E-state index in [9.17, 15) is 4.79 Å². The molecule has 0 N–H and O–H groups in total. The summed E-state index contributed by atoms with van der Waals surface area (Å²) in [5, 5.41) is 0. The molecule has 30 heavy (non-hydrogen) atoms. The van der Waals surface area contributed by atoms with E-state index in [4.69, 9.17) is 9.47 Å². The summed E-state index contributed by atoms with van der Waals surface area (Å²) in [6.45, 7) is 5.94. The van der Waals surface area contributed by atoms with E-state index >= 15 is 0 Å². The van der Waals surface area contributed by atoms with Crippen LogP contribution in [-0.2, 0) is 29.1 Å². The number of esters is 1. The minimum Gasteiger partial charge on any atom is -0.465 e. The number of aromatic nitrogens is 1. The fourth-order valence-electron chi connectivity index (χ4n) is 3.59. The van der Waals surface area contributed by atoms with Gasteiger partial charge in [-0.05, 0) is 42.3 Å². The number of hydrogen-bond acceptors (Lipinski definition) is 4. The van der Waals surface area contributed by atoms with Crippen LogP contribution < -0.4 is 0 Å². The van der Waals surface area contributed by atoms with Gasteiger partial charge in [-0.25, -0.2) is 4.79 Å². The van der Waals surface area contributed by atoms with E-state index in [2.05, 4.69) is 59.0 Å². The van der Waals surface area contributed by atoms with Gasteiger partial charge in [0.25, 0.3) is 0 Å². The van der Waals surface area contributed by atoms with Crippen LogP contribution in [0.15, 0.2) is 66.9 Å². The molecular formula is C25H30N2O3. The average molecular weight is 407 g/mol. The van der Waals surface area contributed by atoms with Crippen molar-refractivity contribution in [3.8, 4) is 0 Å². The minimum atomic E-state index is -0.313. The number of carbonyl (C=O) groups excluding carboxylic acids is 1. The minimum absolute atomic E-state index is 0.313. The molecule has 0 saturated carbocycles. The third kappa shape index (κ3) is 6.05. The molecular weight excluding hydrogens is 376 g/mol. The van der Waals surface area contributed by atoms with E-state index in [1.165, 1.54) is 23.9 Å². The van der Waals surface area contributed by atoms with Crippen LogP contribution in [0.1, 0.15) is 32.7 Å². The van der Waals surface area contributed by atoms with Crippen LogP contribution in [0.4, 0.5) is 0 Å². The summed E-state index contributed by atoms with van der Waals surface area (Å²) in [6.07, 6.45) is 2.13. The van der Waals surface area contributed by atoms with Gasteiger partial charge < -0.3 is 14.0 Å². The zero-order chi connectivity index (χ0) is 21.3. The molecule has 5 heteroatoms. The molecule has 0 amide bonds. The van der Waals surface area contributed by atoms with Crippen molar-refractivity contribution in [3.63, 3.8) is 0 Å². The van der Waals surface area contributed by atoms with Gasteiger partial charge in [-0.3, -0.25) is 4.90 Å². The third-order valence-corrected chi connectivity index (χ3v) is 5.11. The smallest absolute Gasteiger partial charge is 0.337 e. The lowest BCUT2D eigenvalue weighted by Gasteiger charge is -2.23. The molecule has 0 radical (unpaired) electrons. The molecule has 0 atom stereocenters. The van der Waals surface area contributed by atoms with Crippen molar-refractivity contribution in [1.29, 1.82) is 0 Å². The highest BCUT2D eigenvalue weighted by Crippen LogP contribution is 2.15. The predicted molar refractivity (Wildman–Crippen MR) is 118 cm³/mol. The molecule has 0 bridgehead atoms. The van der Waals surface area contributed by atoms with E-state index in [1.54, 1.807) is 13.2 Å². The van der Waals surface area contributed by atoms with Gasteiger partial charge in [0.1, 0.15) is 0 Å². The Morgan fingerprint density at radius 1 is 0.967 bits per heavy atom. The van der Waals surface area contributed by atoms with Crippen molar-refractivity contribution >= 4 is 5.97 Å². The second-order valence-electron chi connectivity index (χ2n) is 7.51. The second kappa shape index (κ2) is 10.8. The van der Waals surface area contributed by atoms with Crippen LogP contribution >= 0.6 is 0 Å². The van der Waals surface area contributed by atoms with Crippen molar-refractivity contribution in [2.24, 2.45) is 0 Å². The van der Waals surface area contributed by atoms with E-state index < -0.39 is 0 Å². The Labute approximate surface area is 178 Å². The zero-order valence-corrected chi connectivity index (χ0v) is 18.0. The van der Waals surface area contributed by atoms with Gasteiger partial charge in [-0.1, -0.05) is 42.0 Å². The van der Waals surface area contributed by atoms with Gasteiger partial charge in [0.15, 0.2) is 0 Å². The molecule has 0 aliphatic carbocycles. The quantitative estimate of drug-likeness (QED) is 0.472. The topological polar surface area (TPSA) is 43.7 Å². The summed E-state index contributed by atoms with van der Waals surface area (Å²) in [6, 6.07) is 20.5. The van der Waals surface area contributed by atoms with Crippen LogP contribution in [0.3, 0.4) is 0 Å². The molecule has 0 fully saturated rings. The third-order valence-electron chi connectivity index (χ3n) is 5.11. The summed E-state index contributed by atoms with van der Waals surface area (Å²) >= 11 is 0. The number of ether oxygens (including phenoxy) is 2. The van der Waals surface area contributed by atoms with Gasteiger partial charge in [0.2, 0.25) is 0 Å². The molecule has 0 aliphatic rings. The lowest BCUT2D eigenvalue weighted by atomic mass is 10.1. The van der Waals surface area contributed by atoms with Crippen molar-refractivity contribution in [2.45, 2.75) is 26.6 Å². The molecule has 0 aliphatic heterocycles. The first kappa shape index (κ1) is 21.8. The zero-order valence-electron chi connectivity index (χ0n) is 18.0. The molecule has 3 aromatic rings. The fraction of sp³-hybridized carbons (Fsp3) is 0.320. The van der Waals surface area contributed by atoms with Gasteiger partial charge in [-0.2, -0.15) is 0 Å². The number of nitrogens with zero attached hydrogens (tertiary/aromatic N) is 2. The van der Waals surface area contributed by atoms with Gasteiger partial charge >= 0.3 is 5.97 Å². The van der Waals surface area contributed by atoms with Crippen LogP contribution in [0.25, 0.3) is 0 Å². The first-order valence-electron chi connectivity index (χ1n) is 10.2. The summed E-state index contributed by atoms with van der Waals surface area (Å²) < 4.78 is 12.5. The van der Waals surface area contributed by atoms with Crippen molar-refractivity contribution in [3.05, 3.63) is 94.8 Å². The molecule has 5 nitrogen and oxygen atoms in total. The number of methoxy groups -OCH3 is 2. The van der Waals surface area contributed by atoms with Gasteiger partial charge in [-0.15, -0.1) is 0 Å². The lowest BCUT2D eigenvalue weighted by Crippen LogP contribution is -2.28. The highest BCUT2D eigenvalue weighted by molar-refractivity contribution is 5.89. The van der Waals surface area contributed by atoms with Crippen LogP contribution in [0.2, 0.25) is 0 Å². The van der Waals surface area contributed by atoms with Crippen molar-refractivity contribution in [2.75, 3.05) is 27.4 Å². The first-order chi connectivity index (χ1) is 14.6. The SMILES string of the molecule is COCCN(Cc1cccc(C(=O)OC)c1)Cc1cccn1Cc1cccc(C)c1. The standard InChI is InChI=1S/C25H30N2O3/c1-20-7-4-8-21(15-20)18-27-12-6-11-24(27)19-26(13-14-29-2)17-22-9-5-10-23(16-22)25(28)30-3/h4-12,15-16H,13-14,17-19H2,1-3H3. The Hall–Kier alpha value is -2.89. The van der Waals surface area contributed by atoms with Gasteiger partial charge in [0, 0.05) is 45.2 Å². The Kier molecular flexibility index (Phi) is 7.82. The Balaban J connectivity index is 1.74. The Bertz CT molecular complexity index is 964. The number of benzene rings is 2. The maximum atomic E-state index is 11.9. The lowest BCUT2D eigenvalue weighted by molar-refractivity contribution is 0.0600. The number of hydrogen-bond donors (Lipinski definition) is 0. The maximum absolute atomic E-state index is 11.9. The summed E-state index contributed by atoms with van der Waals surface area (Å²) in [5.74, 6) is -0.313. The van der Waals surface area contributed by atoms with Crippen molar-refractivity contribution in [1.82, 2.24) is 9.47 Å². The van der Waals surface area contributed by atoms with E-state index in [0.29, 0.717) is 12.2 Å². The highest BCUT2D eigenvalue weighted by atomic mass is 16.5. The van der Waals surface area contributed by atoms with Crippen LogP contribution in [-0.4, -0.2) is 42.8 Å². The van der Waals surface area contributed by atoms with E-state index in [0.717, 1.165) is 31.7 Å². The molecule has 0 unspecified atom stereocenters. The van der Waals surface area contributed by atoms with Crippen LogP contribution in [0.5, 0.6) is 0 Å². The number of carbonyl (C=O) groups is 1. The van der Waals surface area contributed by atoms with Crippen molar-refractivity contribution < 1.29 is 14.3 Å². The van der Waals surface area contributed by atoms with Crippen LogP contribution in [0, 0.1) is 6.92 Å². The molecule has 1 aromatic heterocycles. The first-order valence-corrected chi connectivity index (χ1v) is 10.2. The second-order valence-corrected chi connectivity index (χ2v) is 7.51. The molecule has 1 heterocycles. The Morgan fingerprint density at radius 2 is 1.77 bits per heavy atom. The summed E-state index contributed by atoms with van der Waals surface area (Å²) in [4.78, 5) is 14.2. The molecule has 3 rings (SSSR count). The molecule has 0 saturated heterocycles. The predicted octanol–water partition coefficient (Wildman–Crippen LogP) is 4.28. The van der Waals surface area contributed by atoms with E-state index in [1.807, 2.05) is 18.2 Å².